The van der Waals surface area contributed by atoms with Gasteiger partial charge in [0.25, 0.3) is 5.91 Å². The lowest BCUT2D eigenvalue weighted by atomic mass is 10.0. The van der Waals surface area contributed by atoms with Crippen molar-refractivity contribution in [2.24, 2.45) is 0 Å². The van der Waals surface area contributed by atoms with E-state index in [1.165, 1.54) is 81.8 Å². The summed E-state index contributed by atoms with van der Waals surface area (Å²) in [7, 11) is 1.35. The maximum Gasteiger partial charge on any atom is 0.328 e. The number of nitrogens with zero attached hydrogens (tertiary/aromatic N) is 1. The molecule has 1 amide bonds. The lowest BCUT2D eigenvalue weighted by molar-refractivity contribution is -0.155. The van der Waals surface area contributed by atoms with E-state index in [0.29, 0.717) is 11.3 Å². The van der Waals surface area contributed by atoms with E-state index in [1.807, 2.05) is 0 Å². The number of halogens is 2. The van der Waals surface area contributed by atoms with Crippen molar-refractivity contribution in [1.82, 2.24) is 10.3 Å². The molecular formula is C28H28F2N2O8. The molecule has 0 spiro atoms. The van der Waals surface area contributed by atoms with Crippen LogP contribution in [-0.4, -0.2) is 48.9 Å². The van der Waals surface area contributed by atoms with Crippen LogP contribution in [0.1, 0.15) is 42.9 Å². The third-order valence-electron chi connectivity index (χ3n) is 5.47. The predicted molar refractivity (Wildman–Crippen MR) is 137 cm³/mol. The highest BCUT2D eigenvalue weighted by atomic mass is 19.1. The Balaban J connectivity index is 1.73. The average molecular weight is 559 g/mol. The highest BCUT2D eigenvalue weighted by Crippen LogP contribution is 2.30. The van der Waals surface area contributed by atoms with Crippen molar-refractivity contribution >= 4 is 17.8 Å². The number of carbonyl (C=O) groups excluding carboxylic acids is 3. The van der Waals surface area contributed by atoms with Gasteiger partial charge in [0.15, 0.2) is 23.3 Å². The highest BCUT2D eigenvalue weighted by molar-refractivity contribution is 5.98. The smallest absolute Gasteiger partial charge is 0.328 e. The number of methoxy groups -OCH3 is 1. The van der Waals surface area contributed by atoms with Crippen LogP contribution in [-0.2, 0) is 19.1 Å². The van der Waals surface area contributed by atoms with Crippen molar-refractivity contribution in [1.29, 1.82) is 0 Å². The fourth-order valence-corrected chi connectivity index (χ4v) is 3.48. The van der Waals surface area contributed by atoms with E-state index in [0.717, 1.165) is 0 Å². The molecule has 0 saturated carbocycles. The van der Waals surface area contributed by atoms with Crippen LogP contribution < -0.4 is 19.5 Å². The van der Waals surface area contributed by atoms with E-state index in [4.69, 9.17) is 23.7 Å². The van der Waals surface area contributed by atoms with E-state index < -0.39 is 54.5 Å². The number of ether oxygens (including phenoxy) is 5. The molecule has 0 aliphatic carbocycles. The zero-order chi connectivity index (χ0) is 29.2. The van der Waals surface area contributed by atoms with Gasteiger partial charge in [0, 0.05) is 19.2 Å². The second-order valence-electron chi connectivity index (χ2n) is 8.47. The Morgan fingerprint density at radius 1 is 0.950 bits per heavy atom. The first-order valence-corrected chi connectivity index (χ1v) is 12.1. The van der Waals surface area contributed by atoms with Crippen molar-refractivity contribution in [3.05, 3.63) is 83.7 Å². The Kier molecular flexibility index (Phi) is 10.3. The van der Waals surface area contributed by atoms with E-state index >= 15 is 0 Å². The molecule has 3 aromatic rings. The van der Waals surface area contributed by atoms with Crippen LogP contribution in [0.4, 0.5) is 8.78 Å². The van der Waals surface area contributed by atoms with Gasteiger partial charge in [0.1, 0.15) is 29.5 Å². The third kappa shape index (κ3) is 8.13. The van der Waals surface area contributed by atoms with Gasteiger partial charge in [0.2, 0.25) is 6.79 Å². The summed E-state index contributed by atoms with van der Waals surface area (Å²) in [6.07, 6.45) is -0.503. The molecule has 3 rings (SSSR count). The number of esters is 2. The largest absolute Gasteiger partial charge is 0.493 e. The molecule has 0 aliphatic heterocycles. The molecule has 3 atom stereocenters. The van der Waals surface area contributed by atoms with Gasteiger partial charge in [-0.2, -0.15) is 0 Å². The standard InChI is InChI=1S/C28H28F2N2O8/c1-16(32-27(34)24-26(38-15-37-18(3)33)23(36-4)13-14-31-24)28(35)39-17(2)25(19-5-7-20(29)8-6-19)40-22-11-9-21(30)10-12-22/h5-14,16-17,25H,15H2,1-4H3,(H,32,34)/t16-,17-,25?/m0/s1. The van der Waals surface area contributed by atoms with E-state index in [-0.39, 0.29) is 17.2 Å². The maximum atomic E-state index is 13.5. The summed E-state index contributed by atoms with van der Waals surface area (Å²) < 4.78 is 53.7. The second kappa shape index (κ2) is 13.9. The number of nitrogens with one attached hydrogen (secondary N) is 1. The molecule has 0 bridgehead atoms. The molecule has 0 saturated heterocycles. The quantitative estimate of drug-likeness (QED) is 0.258. The van der Waals surface area contributed by atoms with Crippen molar-refractivity contribution in [3.63, 3.8) is 0 Å². The van der Waals surface area contributed by atoms with Crippen LogP contribution in [0.15, 0.2) is 60.8 Å². The van der Waals surface area contributed by atoms with E-state index in [1.54, 1.807) is 6.92 Å². The SMILES string of the molecule is COc1ccnc(C(=O)N[C@@H](C)C(=O)O[C@@H](C)C(Oc2ccc(F)cc2)c2ccc(F)cc2)c1OCOC(C)=O. The van der Waals surface area contributed by atoms with Gasteiger partial charge >= 0.3 is 11.9 Å². The van der Waals surface area contributed by atoms with Crippen LogP contribution in [0, 0.1) is 11.6 Å². The number of benzene rings is 2. The normalized spacial score (nSPS) is 12.8. The molecule has 2 aromatic carbocycles. The van der Waals surface area contributed by atoms with Crippen LogP contribution in [0.2, 0.25) is 0 Å². The monoisotopic (exact) mass is 558 g/mol. The summed E-state index contributed by atoms with van der Waals surface area (Å²) in [5, 5.41) is 2.48. The van der Waals surface area contributed by atoms with Crippen LogP contribution in [0.3, 0.4) is 0 Å². The van der Waals surface area contributed by atoms with Crippen LogP contribution in [0.5, 0.6) is 17.2 Å². The molecule has 1 aromatic heterocycles. The minimum absolute atomic E-state index is 0.0956. The number of hydrogen-bond donors (Lipinski definition) is 1. The minimum atomic E-state index is -1.15. The van der Waals surface area contributed by atoms with Crippen LogP contribution in [0.25, 0.3) is 0 Å². The molecule has 0 aliphatic rings. The topological polar surface area (TPSA) is 122 Å². The van der Waals surface area contributed by atoms with Crippen molar-refractivity contribution < 1.29 is 46.8 Å². The summed E-state index contributed by atoms with van der Waals surface area (Å²) >= 11 is 0. The Bertz CT molecular complexity index is 1320. The molecule has 12 heteroatoms. The highest BCUT2D eigenvalue weighted by Gasteiger charge is 2.29. The van der Waals surface area contributed by atoms with Gasteiger partial charge in [-0.05, 0) is 55.8 Å². The average Bonchev–Trinajstić information content (AvgIpc) is 2.93. The molecule has 1 heterocycles. The summed E-state index contributed by atoms with van der Waals surface area (Å²) in [6, 6.07) is 10.9. The summed E-state index contributed by atoms with van der Waals surface area (Å²) in [4.78, 5) is 41.0. The number of aromatic nitrogens is 1. The van der Waals surface area contributed by atoms with Crippen molar-refractivity contribution in [2.45, 2.75) is 39.0 Å². The number of hydrogen-bond acceptors (Lipinski definition) is 9. The lowest BCUT2D eigenvalue weighted by Crippen LogP contribution is -2.42. The van der Waals surface area contributed by atoms with Gasteiger partial charge in [-0.15, -0.1) is 0 Å². The van der Waals surface area contributed by atoms with Gasteiger partial charge in [-0.1, -0.05) is 12.1 Å². The van der Waals surface area contributed by atoms with Gasteiger partial charge in [-0.25, -0.2) is 18.6 Å². The first-order valence-electron chi connectivity index (χ1n) is 12.1. The number of rotatable bonds is 12. The van der Waals surface area contributed by atoms with Crippen molar-refractivity contribution in [3.8, 4) is 17.2 Å². The fourth-order valence-electron chi connectivity index (χ4n) is 3.48. The Morgan fingerprint density at radius 3 is 2.17 bits per heavy atom. The first kappa shape index (κ1) is 29.8. The molecule has 212 valence electrons. The minimum Gasteiger partial charge on any atom is -0.493 e. The summed E-state index contributed by atoms with van der Waals surface area (Å²) in [6.45, 7) is 3.66. The summed E-state index contributed by atoms with van der Waals surface area (Å²) in [5.74, 6) is -2.76. The molecular weight excluding hydrogens is 530 g/mol. The van der Waals surface area contributed by atoms with E-state index in [2.05, 4.69) is 10.3 Å². The molecule has 1 N–H and O–H groups in total. The second-order valence-corrected chi connectivity index (χ2v) is 8.47. The third-order valence-corrected chi connectivity index (χ3v) is 5.47. The Hall–Kier alpha value is -4.74. The van der Waals surface area contributed by atoms with Crippen LogP contribution >= 0.6 is 0 Å². The Morgan fingerprint density at radius 2 is 1.57 bits per heavy atom. The van der Waals surface area contributed by atoms with Gasteiger partial charge in [0.05, 0.1) is 7.11 Å². The molecule has 0 radical (unpaired) electrons. The lowest BCUT2D eigenvalue weighted by Gasteiger charge is -2.27. The molecule has 1 unspecified atom stereocenters. The fraction of sp³-hybridized carbons (Fsp3) is 0.286. The number of carbonyl (C=O) groups is 3. The molecule has 0 fully saturated rings. The van der Waals surface area contributed by atoms with Gasteiger partial charge < -0.3 is 29.0 Å². The zero-order valence-corrected chi connectivity index (χ0v) is 22.2. The van der Waals surface area contributed by atoms with Crippen molar-refractivity contribution in [2.75, 3.05) is 13.9 Å². The predicted octanol–water partition coefficient (Wildman–Crippen LogP) is 4.14. The van der Waals surface area contributed by atoms with Gasteiger partial charge in [-0.3, -0.25) is 9.59 Å². The number of pyridine rings is 1. The maximum absolute atomic E-state index is 13.5. The zero-order valence-electron chi connectivity index (χ0n) is 22.2. The van der Waals surface area contributed by atoms with E-state index in [9.17, 15) is 23.2 Å². The first-order chi connectivity index (χ1) is 19.1. The summed E-state index contributed by atoms with van der Waals surface area (Å²) in [5.41, 5.74) is 0.279. The molecule has 10 nitrogen and oxygen atoms in total. The molecule has 40 heavy (non-hydrogen) atoms. The Labute approximate surface area is 229 Å². The number of amides is 1.